The molecule has 0 aliphatic carbocycles. The molecule has 2 aromatic carbocycles. The monoisotopic (exact) mass is 472 g/mol. The third-order valence-corrected chi connectivity index (χ3v) is 7.39. The first kappa shape index (κ1) is 21.5. The molecule has 2 N–H and O–H groups in total. The number of hydrogen-bond acceptors (Lipinski definition) is 4. The summed E-state index contributed by atoms with van der Waals surface area (Å²) < 4.78 is 33.8. The minimum absolute atomic E-state index is 0.214. The maximum atomic E-state index is 12.2. The van der Waals surface area contributed by atoms with E-state index in [1.165, 1.54) is 13.5 Å². The second kappa shape index (κ2) is 9.06. The first-order chi connectivity index (χ1) is 13.3. The van der Waals surface area contributed by atoms with Gasteiger partial charge in [-0.15, -0.1) is 0 Å². The third-order valence-electron chi connectivity index (χ3n) is 4.96. The molecule has 1 saturated heterocycles. The highest BCUT2D eigenvalue weighted by Crippen LogP contribution is 2.24. The molecule has 1 aliphatic rings. The van der Waals surface area contributed by atoms with Gasteiger partial charge >= 0.3 is 0 Å². The maximum Gasteiger partial charge on any atom is 0.281 e. The predicted molar refractivity (Wildman–Crippen MR) is 113 cm³/mol. The molecule has 0 spiro atoms. The normalized spacial score (nSPS) is 17.9. The molecule has 3 rings (SSSR count). The van der Waals surface area contributed by atoms with E-state index in [2.05, 4.69) is 15.9 Å². The Morgan fingerprint density at radius 2 is 1.82 bits per heavy atom. The number of hydrogen-bond donors (Lipinski definition) is 2. The van der Waals surface area contributed by atoms with Crippen LogP contribution in [0.25, 0.3) is 10.8 Å². The Kier molecular flexibility index (Phi) is 6.95. The van der Waals surface area contributed by atoms with Crippen LogP contribution in [-0.2, 0) is 10.2 Å². The van der Waals surface area contributed by atoms with Gasteiger partial charge in [0.1, 0.15) is 25.0 Å². The number of halogens is 1. The molecule has 0 aromatic heterocycles. The van der Waals surface area contributed by atoms with E-state index >= 15 is 0 Å². The molecule has 9 heteroatoms. The van der Waals surface area contributed by atoms with Crippen molar-refractivity contribution in [3.05, 3.63) is 40.9 Å². The van der Waals surface area contributed by atoms with Gasteiger partial charge in [0.05, 0.1) is 26.2 Å². The summed E-state index contributed by atoms with van der Waals surface area (Å²) in [5, 5.41) is 12.5. The quantitative estimate of drug-likeness (QED) is 0.609. The first-order valence-corrected chi connectivity index (χ1v) is 11.5. The zero-order valence-electron chi connectivity index (χ0n) is 16.1. The van der Waals surface area contributed by atoms with Crippen LogP contribution in [0.15, 0.2) is 40.9 Å². The number of rotatable bonds is 7. The van der Waals surface area contributed by atoms with Gasteiger partial charge in [0.2, 0.25) is 0 Å². The van der Waals surface area contributed by atoms with Crippen molar-refractivity contribution in [2.24, 2.45) is 0 Å². The van der Waals surface area contributed by atoms with E-state index in [4.69, 9.17) is 4.74 Å². The Bertz CT molecular complexity index is 915. The third kappa shape index (κ3) is 5.22. The molecule has 0 radical (unpaired) electrons. The van der Waals surface area contributed by atoms with Gasteiger partial charge in [0, 0.05) is 18.6 Å². The van der Waals surface area contributed by atoms with Crippen molar-refractivity contribution in [1.29, 1.82) is 0 Å². The number of piperazine rings is 1. The molecule has 154 valence electrons. The summed E-state index contributed by atoms with van der Waals surface area (Å²) in [6, 6.07) is 11.9. The van der Waals surface area contributed by atoms with Crippen LogP contribution in [0, 0.1) is 0 Å². The van der Waals surface area contributed by atoms with Gasteiger partial charge in [-0.1, -0.05) is 28.1 Å². The van der Waals surface area contributed by atoms with E-state index in [9.17, 15) is 13.5 Å². The number of aliphatic hydroxyl groups is 1. The Balaban J connectivity index is 1.47. The fraction of sp³-hybridized carbons (Fsp3) is 0.474. The smallest absolute Gasteiger partial charge is 0.281 e. The molecular formula is C19H27BrN3O4S+. The molecule has 1 heterocycles. The number of aliphatic hydroxyl groups excluding tert-OH is 1. The van der Waals surface area contributed by atoms with Gasteiger partial charge in [-0.3, -0.25) is 0 Å². The van der Waals surface area contributed by atoms with Gasteiger partial charge in [-0.05, 0) is 35.0 Å². The lowest BCUT2D eigenvalue weighted by atomic mass is 10.1. The van der Waals surface area contributed by atoms with E-state index in [0.29, 0.717) is 32.7 Å². The minimum Gasteiger partial charge on any atom is -0.491 e. The molecule has 28 heavy (non-hydrogen) atoms. The summed E-state index contributed by atoms with van der Waals surface area (Å²) in [7, 11) is -0.270. The topological polar surface area (TPSA) is 74.5 Å². The predicted octanol–water partition coefficient (Wildman–Crippen LogP) is 0.349. The Hall–Kier alpha value is -1.23. The van der Waals surface area contributed by atoms with Gasteiger partial charge in [-0.25, -0.2) is 0 Å². The number of benzene rings is 2. The SMILES string of the molecule is CN(C)S(=O)(=O)N1CC[NH+](C[C@H](O)COc2ccc3cc(Br)ccc3c2)CC1. The number of ether oxygens (including phenoxy) is 1. The average Bonchev–Trinajstić information content (AvgIpc) is 2.66. The summed E-state index contributed by atoms with van der Waals surface area (Å²) in [6.07, 6.45) is -0.604. The van der Waals surface area contributed by atoms with Crippen molar-refractivity contribution in [2.75, 3.05) is 53.4 Å². The van der Waals surface area contributed by atoms with Crippen molar-refractivity contribution in [2.45, 2.75) is 6.10 Å². The van der Waals surface area contributed by atoms with Crippen LogP contribution in [0.2, 0.25) is 0 Å². The van der Waals surface area contributed by atoms with Crippen LogP contribution in [-0.4, -0.2) is 81.7 Å². The highest BCUT2D eigenvalue weighted by atomic mass is 79.9. The van der Waals surface area contributed by atoms with Crippen LogP contribution in [0.1, 0.15) is 0 Å². The Labute approximate surface area is 174 Å². The van der Waals surface area contributed by atoms with Gasteiger partial charge in [0.15, 0.2) is 0 Å². The number of nitrogens with one attached hydrogen (secondary N) is 1. The highest BCUT2D eigenvalue weighted by molar-refractivity contribution is 9.10. The zero-order chi connectivity index (χ0) is 20.3. The zero-order valence-corrected chi connectivity index (χ0v) is 18.5. The number of nitrogens with zero attached hydrogens (tertiary/aromatic N) is 2. The van der Waals surface area contributed by atoms with Crippen LogP contribution in [0.5, 0.6) is 5.75 Å². The molecule has 1 atom stereocenters. The molecule has 0 saturated carbocycles. The van der Waals surface area contributed by atoms with Crippen LogP contribution < -0.4 is 9.64 Å². The molecule has 0 unspecified atom stereocenters. The van der Waals surface area contributed by atoms with Gasteiger partial charge in [0.25, 0.3) is 10.2 Å². The molecule has 2 aromatic rings. The summed E-state index contributed by atoms with van der Waals surface area (Å²) in [5.41, 5.74) is 0. The summed E-state index contributed by atoms with van der Waals surface area (Å²) in [4.78, 5) is 1.18. The Morgan fingerprint density at radius 1 is 1.18 bits per heavy atom. The highest BCUT2D eigenvalue weighted by Gasteiger charge is 2.31. The maximum absolute atomic E-state index is 12.2. The van der Waals surface area contributed by atoms with Gasteiger partial charge < -0.3 is 14.7 Å². The minimum atomic E-state index is -3.36. The fourth-order valence-corrected chi connectivity index (χ4v) is 4.82. The van der Waals surface area contributed by atoms with Crippen molar-refractivity contribution in [3.63, 3.8) is 0 Å². The Morgan fingerprint density at radius 3 is 2.50 bits per heavy atom. The molecule has 0 amide bonds. The summed E-state index contributed by atoms with van der Waals surface area (Å²) in [6.45, 7) is 3.03. The molecular weight excluding hydrogens is 446 g/mol. The standard InChI is InChI=1S/C19H26BrN3O4S/c1-21(2)28(25,26)23-9-7-22(8-10-23)13-18(24)14-27-19-6-4-15-11-17(20)5-3-16(15)12-19/h3-6,11-12,18,24H,7-10,13-14H2,1-2H3/p+1/t18-/m0/s1. The molecule has 0 bridgehead atoms. The van der Waals surface area contributed by atoms with Crippen molar-refractivity contribution in [1.82, 2.24) is 8.61 Å². The second-order valence-electron chi connectivity index (χ2n) is 7.26. The molecule has 7 nitrogen and oxygen atoms in total. The van der Waals surface area contributed by atoms with Crippen LogP contribution >= 0.6 is 15.9 Å². The summed E-state index contributed by atoms with van der Waals surface area (Å²) >= 11 is 3.46. The van der Waals surface area contributed by atoms with E-state index in [-0.39, 0.29) is 6.61 Å². The van der Waals surface area contributed by atoms with Crippen LogP contribution in [0.4, 0.5) is 0 Å². The van der Waals surface area contributed by atoms with E-state index in [1.54, 1.807) is 14.1 Å². The lowest BCUT2D eigenvalue weighted by Gasteiger charge is -2.33. The second-order valence-corrected chi connectivity index (χ2v) is 10.3. The fourth-order valence-electron chi connectivity index (χ4n) is 3.34. The number of quaternary nitrogens is 1. The average molecular weight is 473 g/mol. The largest absolute Gasteiger partial charge is 0.491 e. The first-order valence-electron chi connectivity index (χ1n) is 9.27. The van der Waals surface area contributed by atoms with E-state index in [1.807, 2.05) is 36.4 Å². The van der Waals surface area contributed by atoms with E-state index in [0.717, 1.165) is 21.0 Å². The van der Waals surface area contributed by atoms with Crippen molar-refractivity contribution >= 4 is 36.9 Å². The lowest BCUT2D eigenvalue weighted by Crippen LogP contribution is -3.16. The molecule has 1 fully saturated rings. The summed E-state index contributed by atoms with van der Waals surface area (Å²) in [5.74, 6) is 0.728. The van der Waals surface area contributed by atoms with Gasteiger partial charge in [-0.2, -0.15) is 17.0 Å². The number of fused-ring (bicyclic) bond motifs is 1. The van der Waals surface area contributed by atoms with Crippen molar-refractivity contribution < 1.29 is 23.2 Å². The van der Waals surface area contributed by atoms with E-state index < -0.39 is 16.3 Å². The molecule has 1 aliphatic heterocycles. The van der Waals surface area contributed by atoms with Crippen LogP contribution in [0.3, 0.4) is 0 Å². The lowest BCUT2D eigenvalue weighted by molar-refractivity contribution is -0.906. The van der Waals surface area contributed by atoms with Crippen molar-refractivity contribution in [3.8, 4) is 5.75 Å².